The van der Waals surface area contributed by atoms with Gasteiger partial charge in [-0.15, -0.1) is 0 Å². The summed E-state index contributed by atoms with van der Waals surface area (Å²) in [4.78, 5) is 15.6. The number of aryl methyl sites for hydroxylation is 2. The minimum atomic E-state index is -0.109. The van der Waals surface area contributed by atoms with Gasteiger partial charge >= 0.3 is 5.97 Å². The Morgan fingerprint density at radius 3 is 2.23 bits per heavy atom. The molecule has 0 aromatic heterocycles. The molecule has 0 spiro atoms. The molecule has 4 rings (SSSR count). The molecule has 2 saturated heterocycles. The first-order chi connectivity index (χ1) is 12.5. The van der Waals surface area contributed by atoms with E-state index in [1.165, 1.54) is 23.1 Å². The Kier molecular flexibility index (Phi) is 4.58. The molecular formula is C23H27NO2. The predicted molar refractivity (Wildman–Crippen MR) is 103 cm³/mol. The lowest BCUT2D eigenvalue weighted by Gasteiger charge is -2.41. The van der Waals surface area contributed by atoms with Crippen LogP contribution in [-0.4, -0.2) is 30.0 Å². The maximum absolute atomic E-state index is 13.2. The second-order valence-electron chi connectivity index (χ2n) is 7.98. The van der Waals surface area contributed by atoms with Crippen molar-refractivity contribution in [3.63, 3.8) is 0 Å². The Balaban J connectivity index is 1.63. The van der Waals surface area contributed by atoms with Gasteiger partial charge in [0.15, 0.2) is 0 Å². The summed E-state index contributed by atoms with van der Waals surface area (Å²) >= 11 is 0. The molecule has 3 nitrogen and oxygen atoms in total. The fourth-order valence-corrected chi connectivity index (χ4v) is 4.74. The summed E-state index contributed by atoms with van der Waals surface area (Å²) in [6, 6.07) is 17.3. The minimum absolute atomic E-state index is 0.0865. The van der Waals surface area contributed by atoms with Gasteiger partial charge in [0.2, 0.25) is 0 Å². The molecule has 2 bridgehead atoms. The lowest BCUT2D eigenvalue weighted by atomic mass is 9.76. The van der Waals surface area contributed by atoms with Crippen molar-refractivity contribution in [1.29, 1.82) is 0 Å². The Morgan fingerprint density at radius 2 is 1.58 bits per heavy atom. The predicted octanol–water partition coefficient (Wildman–Crippen LogP) is 4.48. The summed E-state index contributed by atoms with van der Waals surface area (Å²) in [7, 11) is 2.17. The highest BCUT2D eigenvalue weighted by Crippen LogP contribution is 2.46. The Hall–Kier alpha value is -2.13. The number of benzene rings is 2. The second-order valence-corrected chi connectivity index (χ2v) is 7.98. The van der Waals surface area contributed by atoms with Gasteiger partial charge in [-0.25, -0.2) is 0 Å². The molecule has 4 atom stereocenters. The normalized spacial score (nSPS) is 28.1. The molecule has 2 aliphatic rings. The van der Waals surface area contributed by atoms with Crippen molar-refractivity contribution in [2.45, 2.75) is 51.1 Å². The first-order valence-corrected chi connectivity index (χ1v) is 9.60. The molecule has 0 radical (unpaired) electrons. The number of carbonyl (C=O) groups excluding carboxylic acids is 1. The van der Waals surface area contributed by atoms with Gasteiger partial charge in [-0.1, -0.05) is 47.5 Å². The Labute approximate surface area is 156 Å². The Bertz CT molecular complexity index is 781. The van der Waals surface area contributed by atoms with E-state index in [0.717, 1.165) is 12.8 Å². The summed E-state index contributed by atoms with van der Waals surface area (Å²) in [5.74, 6) is 0.688. The molecule has 3 heteroatoms. The van der Waals surface area contributed by atoms with Crippen LogP contribution in [0.2, 0.25) is 0 Å². The van der Waals surface area contributed by atoms with Crippen LogP contribution in [0.1, 0.15) is 41.9 Å². The van der Waals surface area contributed by atoms with E-state index in [9.17, 15) is 4.79 Å². The zero-order chi connectivity index (χ0) is 18.3. The number of fused-ring (bicyclic) bond motifs is 2. The summed E-state index contributed by atoms with van der Waals surface area (Å²) in [5, 5.41) is 0. The third kappa shape index (κ3) is 3.16. The van der Waals surface area contributed by atoms with Crippen LogP contribution in [0.15, 0.2) is 48.5 Å². The number of nitrogens with zero attached hydrogens (tertiary/aromatic N) is 1. The van der Waals surface area contributed by atoms with Crippen LogP contribution >= 0.6 is 0 Å². The number of esters is 1. The highest BCUT2D eigenvalue weighted by molar-refractivity contribution is 5.77. The van der Waals surface area contributed by atoms with Gasteiger partial charge in [-0.05, 0) is 57.9 Å². The molecular weight excluding hydrogens is 322 g/mol. The van der Waals surface area contributed by atoms with E-state index in [1.807, 2.05) is 31.2 Å². The van der Waals surface area contributed by atoms with Crippen LogP contribution in [0.4, 0.5) is 0 Å². The van der Waals surface area contributed by atoms with Gasteiger partial charge in [0.05, 0.1) is 5.92 Å². The van der Waals surface area contributed by atoms with Gasteiger partial charge in [0, 0.05) is 18.0 Å². The maximum Gasteiger partial charge on any atom is 0.316 e. The Morgan fingerprint density at radius 1 is 0.962 bits per heavy atom. The summed E-state index contributed by atoms with van der Waals surface area (Å²) in [6.07, 6.45) is 3.29. The molecule has 2 heterocycles. The highest BCUT2D eigenvalue weighted by Gasteiger charge is 2.49. The van der Waals surface area contributed by atoms with Crippen molar-refractivity contribution in [1.82, 2.24) is 4.90 Å². The molecule has 0 saturated carbocycles. The van der Waals surface area contributed by atoms with Crippen molar-refractivity contribution in [3.05, 3.63) is 65.2 Å². The van der Waals surface area contributed by atoms with E-state index >= 15 is 0 Å². The number of rotatable bonds is 3. The molecule has 0 amide bonds. The maximum atomic E-state index is 13.2. The number of hydrogen-bond acceptors (Lipinski definition) is 3. The monoisotopic (exact) mass is 349 g/mol. The molecule has 2 fully saturated rings. The van der Waals surface area contributed by atoms with Crippen molar-refractivity contribution in [2.75, 3.05) is 7.05 Å². The van der Waals surface area contributed by atoms with Gasteiger partial charge in [0.1, 0.15) is 5.75 Å². The minimum Gasteiger partial charge on any atom is -0.426 e. The third-order valence-electron chi connectivity index (χ3n) is 6.29. The van der Waals surface area contributed by atoms with Gasteiger partial charge < -0.3 is 4.74 Å². The average Bonchev–Trinajstić information content (AvgIpc) is 2.87. The second kappa shape index (κ2) is 6.88. The van der Waals surface area contributed by atoms with E-state index in [4.69, 9.17) is 4.74 Å². The van der Waals surface area contributed by atoms with E-state index in [-0.39, 0.29) is 23.8 Å². The summed E-state index contributed by atoms with van der Waals surface area (Å²) < 4.78 is 5.82. The molecule has 0 unspecified atom stereocenters. The van der Waals surface area contributed by atoms with Gasteiger partial charge in [0.25, 0.3) is 0 Å². The van der Waals surface area contributed by atoms with Crippen molar-refractivity contribution >= 4 is 5.97 Å². The summed E-state index contributed by atoms with van der Waals surface area (Å²) in [6.45, 7) is 4.14. The molecule has 2 aliphatic heterocycles. The van der Waals surface area contributed by atoms with Crippen LogP contribution in [0, 0.1) is 19.8 Å². The molecule has 2 aromatic carbocycles. The zero-order valence-corrected chi connectivity index (χ0v) is 15.8. The van der Waals surface area contributed by atoms with Crippen LogP contribution in [0.3, 0.4) is 0 Å². The third-order valence-corrected chi connectivity index (χ3v) is 6.29. The zero-order valence-electron chi connectivity index (χ0n) is 15.8. The average molecular weight is 349 g/mol. The van der Waals surface area contributed by atoms with Crippen LogP contribution in [0.5, 0.6) is 5.75 Å². The number of hydrogen-bond donors (Lipinski definition) is 0. The van der Waals surface area contributed by atoms with Crippen LogP contribution in [-0.2, 0) is 4.79 Å². The van der Waals surface area contributed by atoms with Crippen molar-refractivity contribution in [2.24, 2.45) is 5.92 Å². The van der Waals surface area contributed by atoms with Gasteiger partial charge in [-0.3, -0.25) is 9.69 Å². The molecule has 26 heavy (non-hydrogen) atoms. The number of ether oxygens (including phenoxy) is 1. The standard InChI is InChI=1S/C23H27NO2/c1-15-4-8-17(9-5-15)20-14-18-10-13-21(24(18)3)22(20)23(25)26-19-11-6-16(2)7-12-19/h4-9,11-12,18,20-22H,10,13-14H2,1-3H3/t18-,20+,21+,22-/m0/s1. The highest BCUT2D eigenvalue weighted by atomic mass is 16.5. The van der Waals surface area contributed by atoms with Crippen LogP contribution in [0.25, 0.3) is 0 Å². The van der Waals surface area contributed by atoms with E-state index in [1.54, 1.807) is 0 Å². The van der Waals surface area contributed by atoms with Gasteiger partial charge in [-0.2, -0.15) is 0 Å². The molecule has 136 valence electrons. The van der Waals surface area contributed by atoms with Crippen molar-refractivity contribution < 1.29 is 9.53 Å². The topological polar surface area (TPSA) is 29.5 Å². The van der Waals surface area contributed by atoms with E-state index < -0.39 is 0 Å². The first-order valence-electron chi connectivity index (χ1n) is 9.60. The lowest BCUT2D eigenvalue weighted by Crippen LogP contribution is -2.49. The fraction of sp³-hybridized carbons (Fsp3) is 0.435. The molecule has 2 aromatic rings. The fourth-order valence-electron chi connectivity index (χ4n) is 4.74. The van der Waals surface area contributed by atoms with E-state index in [2.05, 4.69) is 43.1 Å². The smallest absolute Gasteiger partial charge is 0.316 e. The molecule has 0 aliphatic carbocycles. The quantitative estimate of drug-likeness (QED) is 0.605. The van der Waals surface area contributed by atoms with E-state index in [0.29, 0.717) is 11.8 Å². The first kappa shape index (κ1) is 17.3. The summed E-state index contributed by atoms with van der Waals surface area (Å²) in [5.41, 5.74) is 3.69. The molecule has 0 N–H and O–H groups in total. The number of piperidine rings is 1. The van der Waals surface area contributed by atoms with Crippen LogP contribution < -0.4 is 4.74 Å². The lowest BCUT2D eigenvalue weighted by molar-refractivity contribution is -0.143. The number of carbonyl (C=O) groups is 1. The SMILES string of the molecule is Cc1ccc(OC(=O)[C@H]2[C@@H](c3ccc(C)cc3)C[C@@H]3CC[C@H]2N3C)cc1. The largest absolute Gasteiger partial charge is 0.426 e. The van der Waals surface area contributed by atoms with Crippen molar-refractivity contribution in [3.8, 4) is 5.75 Å².